The number of benzene rings is 2. The van der Waals surface area contributed by atoms with Gasteiger partial charge in [-0.3, -0.25) is 0 Å². The van der Waals surface area contributed by atoms with Gasteiger partial charge < -0.3 is 0 Å². The first-order chi connectivity index (χ1) is 9.50. The van der Waals surface area contributed by atoms with Crippen LogP contribution in [0.2, 0.25) is 0 Å². The van der Waals surface area contributed by atoms with Gasteiger partial charge in [-0.1, -0.05) is 60.2 Å². The Hall–Kier alpha value is -1.87. The topological polar surface area (TPSA) is 34.1 Å². The lowest BCUT2D eigenvalue weighted by molar-refractivity contribution is 0.591. The van der Waals surface area contributed by atoms with E-state index in [1.165, 1.54) is 0 Å². The van der Waals surface area contributed by atoms with E-state index in [1.807, 2.05) is 55.5 Å². The lowest BCUT2D eigenvalue weighted by atomic mass is 10.2. The third-order valence-electron chi connectivity index (χ3n) is 3.20. The molecule has 0 aliphatic rings. The van der Waals surface area contributed by atoms with Gasteiger partial charge in [0.2, 0.25) is 0 Å². The average molecular weight is 286 g/mol. The minimum absolute atomic E-state index is 0.369. The molecule has 2 nitrogen and oxygen atoms in total. The highest BCUT2D eigenvalue weighted by molar-refractivity contribution is 7.92. The quantitative estimate of drug-likeness (QED) is 0.855. The second-order valence-corrected chi connectivity index (χ2v) is 7.14. The highest BCUT2D eigenvalue weighted by atomic mass is 32.2. The molecule has 1 unspecified atom stereocenters. The van der Waals surface area contributed by atoms with Gasteiger partial charge in [0.25, 0.3) is 0 Å². The summed E-state index contributed by atoms with van der Waals surface area (Å²) in [5.74, 6) is 0. The maximum Gasteiger partial charge on any atom is 0.184 e. The van der Waals surface area contributed by atoms with Crippen molar-refractivity contribution >= 4 is 15.9 Å². The van der Waals surface area contributed by atoms with Crippen molar-refractivity contribution in [3.05, 3.63) is 71.8 Å². The van der Waals surface area contributed by atoms with Gasteiger partial charge in [-0.05, 0) is 31.5 Å². The molecule has 2 rings (SSSR count). The summed E-state index contributed by atoms with van der Waals surface area (Å²) >= 11 is 0. The third kappa shape index (κ3) is 3.36. The average Bonchev–Trinajstić information content (AvgIpc) is 2.46. The van der Waals surface area contributed by atoms with Gasteiger partial charge in [0, 0.05) is 0 Å². The molecule has 0 N–H and O–H groups in total. The summed E-state index contributed by atoms with van der Waals surface area (Å²) in [6.45, 7) is 3.64. The molecule has 0 saturated carbocycles. The molecule has 0 radical (unpaired) electrons. The van der Waals surface area contributed by atoms with E-state index in [-0.39, 0.29) is 0 Å². The maximum atomic E-state index is 12.4. The lowest BCUT2D eigenvalue weighted by Gasteiger charge is -2.09. The van der Waals surface area contributed by atoms with E-state index in [1.54, 1.807) is 25.1 Å². The summed E-state index contributed by atoms with van der Waals surface area (Å²) in [4.78, 5) is 0.369. The van der Waals surface area contributed by atoms with Crippen molar-refractivity contribution < 1.29 is 8.42 Å². The monoisotopic (exact) mass is 286 g/mol. The number of sulfone groups is 1. The van der Waals surface area contributed by atoms with E-state index in [4.69, 9.17) is 0 Å². The van der Waals surface area contributed by atoms with E-state index in [0.717, 1.165) is 11.1 Å². The summed E-state index contributed by atoms with van der Waals surface area (Å²) in [7, 11) is -3.31. The molecule has 0 aromatic heterocycles. The summed E-state index contributed by atoms with van der Waals surface area (Å²) in [5.41, 5.74) is 2.05. The van der Waals surface area contributed by atoms with Crippen LogP contribution >= 0.6 is 0 Å². The molecule has 20 heavy (non-hydrogen) atoms. The molecule has 0 spiro atoms. The zero-order chi connectivity index (χ0) is 14.6. The van der Waals surface area contributed by atoms with Crippen molar-refractivity contribution in [2.24, 2.45) is 0 Å². The second kappa shape index (κ2) is 6.06. The molecule has 0 aliphatic heterocycles. The van der Waals surface area contributed by atoms with E-state index < -0.39 is 15.1 Å². The van der Waals surface area contributed by atoms with E-state index in [2.05, 4.69) is 0 Å². The van der Waals surface area contributed by atoms with Gasteiger partial charge >= 0.3 is 0 Å². The standard InChI is InChI=1S/C17H18O2S/c1-14-8-12-17(13-9-14)20(18,19)15(2)10-11-16-6-4-3-5-7-16/h3-13,15H,1-2H3/b11-10+. The first-order valence-corrected chi connectivity index (χ1v) is 8.08. The van der Waals surface area contributed by atoms with Crippen LogP contribution in [0, 0.1) is 6.92 Å². The number of aryl methyl sites for hydroxylation is 1. The SMILES string of the molecule is Cc1ccc(S(=O)(=O)C(C)/C=C/c2ccccc2)cc1. The van der Waals surface area contributed by atoms with Crippen molar-refractivity contribution in [1.29, 1.82) is 0 Å². The van der Waals surface area contributed by atoms with Gasteiger partial charge in [-0.15, -0.1) is 0 Å². The first-order valence-electron chi connectivity index (χ1n) is 6.54. The summed E-state index contributed by atoms with van der Waals surface area (Å²) in [6, 6.07) is 16.7. The van der Waals surface area contributed by atoms with Crippen molar-refractivity contribution in [1.82, 2.24) is 0 Å². The Morgan fingerprint density at radius 1 is 0.950 bits per heavy atom. The fraction of sp³-hybridized carbons (Fsp3) is 0.176. The minimum Gasteiger partial charge on any atom is -0.223 e. The van der Waals surface area contributed by atoms with Crippen molar-refractivity contribution in [2.45, 2.75) is 24.0 Å². The summed E-state index contributed by atoms with van der Waals surface area (Å²) < 4.78 is 24.8. The van der Waals surface area contributed by atoms with E-state index in [0.29, 0.717) is 4.90 Å². The molecular formula is C17H18O2S. The summed E-state index contributed by atoms with van der Waals surface area (Å²) in [5, 5.41) is -0.551. The first kappa shape index (κ1) is 14.5. The van der Waals surface area contributed by atoms with Crippen LogP contribution in [0.5, 0.6) is 0 Å². The van der Waals surface area contributed by atoms with E-state index >= 15 is 0 Å². The van der Waals surface area contributed by atoms with Gasteiger partial charge in [-0.25, -0.2) is 8.42 Å². The van der Waals surface area contributed by atoms with Gasteiger partial charge in [-0.2, -0.15) is 0 Å². The molecule has 0 aliphatic carbocycles. The number of hydrogen-bond acceptors (Lipinski definition) is 2. The largest absolute Gasteiger partial charge is 0.223 e. The minimum atomic E-state index is -3.31. The number of hydrogen-bond donors (Lipinski definition) is 0. The van der Waals surface area contributed by atoms with Gasteiger partial charge in [0.05, 0.1) is 10.1 Å². The number of rotatable bonds is 4. The zero-order valence-electron chi connectivity index (χ0n) is 11.7. The molecule has 2 aromatic rings. The predicted molar refractivity (Wildman–Crippen MR) is 83.3 cm³/mol. The van der Waals surface area contributed by atoms with Crippen LogP contribution in [0.4, 0.5) is 0 Å². The molecule has 0 bridgehead atoms. The lowest BCUT2D eigenvalue weighted by Crippen LogP contribution is -2.15. The Morgan fingerprint density at radius 2 is 1.55 bits per heavy atom. The van der Waals surface area contributed by atoms with Crippen molar-refractivity contribution in [2.75, 3.05) is 0 Å². The molecule has 3 heteroatoms. The molecule has 0 saturated heterocycles. The Bertz CT molecular complexity index is 684. The Labute approximate surface area is 120 Å². The van der Waals surface area contributed by atoms with Crippen LogP contribution in [0.3, 0.4) is 0 Å². The predicted octanol–water partition coefficient (Wildman–Crippen LogP) is 3.87. The van der Waals surface area contributed by atoms with Crippen LogP contribution in [-0.4, -0.2) is 13.7 Å². The van der Waals surface area contributed by atoms with Crippen LogP contribution in [0.15, 0.2) is 65.6 Å². The maximum absolute atomic E-state index is 12.4. The Kier molecular flexibility index (Phi) is 4.40. The Balaban J connectivity index is 2.21. The van der Waals surface area contributed by atoms with Crippen molar-refractivity contribution in [3.63, 3.8) is 0 Å². The van der Waals surface area contributed by atoms with Crippen LogP contribution in [-0.2, 0) is 9.84 Å². The van der Waals surface area contributed by atoms with Crippen molar-refractivity contribution in [3.8, 4) is 0 Å². The smallest absolute Gasteiger partial charge is 0.184 e. The molecule has 1 atom stereocenters. The highest BCUT2D eigenvalue weighted by Gasteiger charge is 2.20. The fourth-order valence-corrected chi connectivity index (χ4v) is 3.09. The molecule has 0 heterocycles. The van der Waals surface area contributed by atoms with Gasteiger partial charge in [0.15, 0.2) is 9.84 Å². The van der Waals surface area contributed by atoms with Crippen LogP contribution < -0.4 is 0 Å². The fourth-order valence-electron chi connectivity index (χ4n) is 1.86. The third-order valence-corrected chi connectivity index (χ3v) is 5.26. The van der Waals surface area contributed by atoms with Gasteiger partial charge in [0.1, 0.15) is 0 Å². The molecule has 0 amide bonds. The van der Waals surface area contributed by atoms with E-state index in [9.17, 15) is 8.42 Å². The van der Waals surface area contributed by atoms with Crippen LogP contribution in [0.1, 0.15) is 18.1 Å². The highest BCUT2D eigenvalue weighted by Crippen LogP contribution is 2.18. The second-order valence-electron chi connectivity index (χ2n) is 4.83. The molecular weight excluding hydrogens is 268 g/mol. The summed E-state index contributed by atoms with van der Waals surface area (Å²) in [6.07, 6.45) is 3.57. The normalized spacial score (nSPS) is 13.5. The Morgan fingerprint density at radius 3 is 2.15 bits per heavy atom. The van der Waals surface area contributed by atoms with Crippen LogP contribution in [0.25, 0.3) is 6.08 Å². The molecule has 0 fully saturated rings. The molecule has 104 valence electrons. The molecule has 2 aromatic carbocycles. The zero-order valence-corrected chi connectivity index (χ0v) is 12.5.